The van der Waals surface area contributed by atoms with Gasteiger partial charge in [0.1, 0.15) is 6.07 Å². The van der Waals surface area contributed by atoms with E-state index in [0.717, 1.165) is 10.9 Å². The van der Waals surface area contributed by atoms with Crippen LogP contribution in [-0.2, 0) is 12.8 Å². The van der Waals surface area contributed by atoms with Crippen molar-refractivity contribution >= 4 is 16.7 Å². The lowest BCUT2D eigenvalue weighted by Crippen LogP contribution is -2.21. The van der Waals surface area contributed by atoms with Crippen LogP contribution in [0.5, 0.6) is 0 Å². The highest BCUT2D eigenvalue weighted by Gasteiger charge is 2.18. The van der Waals surface area contributed by atoms with E-state index < -0.39 is 0 Å². The molecule has 0 N–H and O–H groups in total. The summed E-state index contributed by atoms with van der Waals surface area (Å²) in [7, 11) is 1.86. The third-order valence-electron chi connectivity index (χ3n) is 4.57. The standard InChI is InChI=1S/C21H19N5O2/c1-14-23-19(25-28-14)10-11-26(2)21-18(13-22)24-20(27-21)12-16-8-5-7-15-6-3-4-9-17(15)16/h3-9H,10-12H2,1-2H3. The molecule has 4 aromatic rings. The van der Waals surface area contributed by atoms with Crippen LogP contribution in [0.1, 0.15) is 28.9 Å². The minimum atomic E-state index is 0.280. The Balaban J connectivity index is 1.55. The van der Waals surface area contributed by atoms with Crippen molar-refractivity contribution in [3.63, 3.8) is 0 Å². The van der Waals surface area contributed by atoms with Gasteiger partial charge in [0.15, 0.2) is 5.82 Å². The third kappa shape index (κ3) is 3.58. The summed E-state index contributed by atoms with van der Waals surface area (Å²) in [6, 6.07) is 16.5. The lowest BCUT2D eigenvalue weighted by atomic mass is 10.0. The first kappa shape index (κ1) is 17.7. The van der Waals surface area contributed by atoms with Gasteiger partial charge in [0.05, 0.1) is 6.42 Å². The first-order chi connectivity index (χ1) is 13.6. The molecule has 140 valence electrons. The van der Waals surface area contributed by atoms with Crippen LogP contribution in [0, 0.1) is 18.3 Å². The smallest absolute Gasteiger partial charge is 0.234 e. The Morgan fingerprint density at radius 3 is 2.71 bits per heavy atom. The molecule has 0 spiro atoms. The van der Waals surface area contributed by atoms with Gasteiger partial charge in [-0.05, 0) is 16.3 Å². The summed E-state index contributed by atoms with van der Waals surface area (Å²) in [5, 5.41) is 15.7. The molecule has 2 heterocycles. The van der Waals surface area contributed by atoms with Gasteiger partial charge in [-0.25, -0.2) is 4.98 Å². The predicted octanol–water partition coefficient (Wildman–Crippen LogP) is 3.66. The molecule has 0 amide bonds. The number of oxazole rings is 1. The summed E-state index contributed by atoms with van der Waals surface area (Å²) in [5.41, 5.74) is 1.39. The summed E-state index contributed by atoms with van der Waals surface area (Å²) < 4.78 is 10.9. The van der Waals surface area contributed by atoms with Crippen LogP contribution in [0.3, 0.4) is 0 Å². The quantitative estimate of drug-likeness (QED) is 0.509. The maximum absolute atomic E-state index is 9.47. The van der Waals surface area contributed by atoms with Crippen molar-refractivity contribution in [3.8, 4) is 6.07 Å². The van der Waals surface area contributed by atoms with E-state index in [-0.39, 0.29) is 5.69 Å². The van der Waals surface area contributed by atoms with Crippen LogP contribution in [0.25, 0.3) is 10.8 Å². The van der Waals surface area contributed by atoms with Gasteiger partial charge in [0, 0.05) is 26.9 Å². The third-order valence-corrected chi connectivity index (χ3v) is 4.57. The van der Waals surface area contributed by atoms with Crippen LogP contribution in [0.2, 0.25) is 0 Å². The molecule has 7 heteroatoms. The molecule has 2 aromatic heterocycles. The molecular formula is C21H19N5O2. The summed E-state index contributed by atoms with van der Waals surface area (Å²) >= 11 is 0. The summed E-state index contributed by atoms with van der Waals surface area (Å²) in [6.07, 6.45) is 1.10. The first-order valence-corrected chi connectivity index (χ1v) is 9.01. The van der Waals surface area contributed by atoms with E-state index in [0.29, 0.717) is 42.9 Å². The monoisotopic (exact) mass is 373 g/mol. The van der Waals surface area contributed by atoms with Crippen LogP contribution in [-0.4, -0.2) is 28.7 Å². The highest BCUT2D eigenvalue weighted by Crippen LogP contribution is 2.25. The van der Waals surface area contributed by atoms with Gasteiger partial charge in [-0.2, -0.15) is 10.2 Å². The number of benzene rings is 2. The van der Waals surface area contributed by atoms with E-state index in [2.05, 4.69) is 45.5 Å². The molecule has 0 saturated heterocycles. The molecule has 0 aliphatic rings. The number of likely N-dealkylation sites (N-methyl/N-ethyl adjacent to an activating group) is 1. The lowest BCUT2D eigenvalue weighted by Gasteiger charge is -2.14. The molecule has 0 aliphatic carbocycles. The van der Waals surface area contributed by atoms with Crippen molar-refractivity contribution in [2.75, 3.05) is 18.5 Å². The lowest BCUT2D eigenvalue weighted by molar-refractivity contribution is 0.387. The number of hydrogen-bond acceptors (Lipinski definition) is 7. The molecule has 2 aromatic carbocycles. The van der Waals surface area contributed by atoms with E-state index in [1.165, 1.54) is 5.39 Å². The topological polar surface area (TPSA) is 92.0 Å². The highest BCUT2D eigenvalue weighted by atomic mass is 16.5. The number of rotatable bonds is 6. The minimum absolute atomic E-state index is 0.280. The van der Waals surface area contributed by atoms with Gasteiger partial charge in [-0.15, -0.1) is 0 Å². The zero-order valence-corrected chi connectivity index (χ0v) is 15.7. The van der Waals surface area contributed by atoms with Crippen molar-refractivity contribution < 1.29 is 8.94 Å². The average Bonchev–Trinajstić information content (AvgIpc) is 3.32. The largest absolute Gasteiger partial charge is 0.423 e. The minimum Gasteiger partial charge on any atom is -0.423 e. The van der Waals surface area contributed by atoms with Crippen LogP contribution in [0.4, 0.5) is 5.88 Å². The zero-order valence-electron chi connectivity index (χ0n) is 15.7. The zero-order chi connectivity index (χ0) is 19.5. The number of hydrogen-bond donors (Lipinski definition) is 0. The van der Waals surface area contributed by atoms with E-state index in [9.17, 15) is 5.26 Å². The van der Waals surface area contributed by atoms with Crippen molar-refractivity contribution in [3.05, 3.63) is 71.3 Å². The Morgan fingerprint density at radius 1 is 1.11 bits per heavy atom. The molecular weight excluding hydrogens is 354 g/mol. The fraction of sp³-hybridized carbons (Fsp3) is 0.238. The van der Waals surface area contributed by atoms with E-state index in [1.807, 2.05) is 30.1 Å². The van der Waals surface area contributed by atoms with Gasteiger partial charge in [0.2, 0.25) is 23.4 Å². The van der Waals surface area contributed by atoms with Crippen LogP contribution in [0.15, 0.2) is 51.4 Å². The maximum Gasteiger partial charge on any atom is 0.234 e. The van der Waals surface area contributed by atoms with E-state index >= 15 is 0 Å². The molecule has 28 heavy (non-hydrogen) atoms. The second kappa shape index (κ2) is 7.53. The van der Waals surface area contributed by atoms with Gasteiger partial charge < -0.3 is 13.8 Å². The number of aryl methyl sites for hydroxylation is 1. The Kier molecular flexibility index (Phi) is 4.77. The van der Waals surface area contributed by atoms with Gasteiger partial charge >= 0.3 is 0 Å². The molecule has 0 unspecified atom stereocenters. The summed E-state index contributed by atoms with van der Waals surface area (Å²) in [5.74, 6) is 2.13. The van der Waals surface area contributed by atoms with Crippen molar-refractivity contribution in [2.45, 2.75) is 19.8 Å². The molecule has 0 saturated carbocycles. The summed E-state index contributed by atoms with van der Waals surface area (Å²) in [4.78, 5) is 10.4. The van der Waals surface area contributed by atoms with Gasteiger partial charge in [0.25, 0.3) is 0 Å². The van der Waals surface area contributed by atoms with E-state index in [1.54, 1.807) is 6.92 Å². The van der Waals surface area contributed by atoms with Crippen LogP contribution < -0.4 is 4.90 Å². The normalized spacial score (nSPS) is 10.9. The molecule has 0 bridgehead atoms. The van der Waals surface area contributed by atoms with Crippen LogP contribution >= 0.6 is 0 Å². The molecule has 0 fully saturated rings. The average molecular weight is 373 g/mol. The first-order valence-electron chi connectivity index (χ1n) is 9.01. The van der Waals surface area contributed by atoms with Crippen molar-refractivity contribution in [1.29, 1.82) is 5.26 Å². The summed E-state index contributed by atoms with van der Waals surface area (Å²) in [6.45, 7) is 2.33. The van der Waals surface area contributed by atoms with Crippen molar-refractivity contribution in [2.24, 2.45) is 0 Å². The highest BCUT2D eigenvalue weighted by molar-refractivity contribution is 5.85. The molecule has 0 radical (unpaired) electrons. The Morgan fingerprint density at radius 2 is 1.93 bits per heavy atom. The maximum atomic E-state index is 9.47. The predicted molar refractivity (Wildman–Crippen MR) is 104 cm³/mol. The number of nitrogens with zero attached hydrogens (tertiary/aromatic N) is 5. The fourth-order valence-corrected chi connectivity index (χ4v) is 3.18. The SMILES string of the molecule is Cc1nc(CCN(C)c2oc(Cc3cccc4ccccc34)nc2C#N)no1. The number of anilines is 1. The Labute approximate surface area is 162 Å². The Hall–Kier alpha value is -3.66. The number of nitriles is 1. The second-order valence-electron chi connectivity index (χ2n) is 6.59. The molecule has 4 rings (SSSR count). The van der Waals surface area contributed by atoms with Gasteiger partial charge in [-0.1, -0.05) is 47.6 Å². The molecule has 7 nitrogen and oxygen atoms in total. The Bertz CT molecular complexity index is 1150. The molecule has 0 aliphatic heterocycles. The van der Waals surface area contributed by atoms with E-state index in [4.69, 9.17) is 8.94 Å². The second-order valence-corrected chi connectivity index (χ2v) is 6.59. The van der Waals surface area contributed by atoms with Crippen molar-refractivity contribution in [1.82, 2.24) is 15.1 Å². The molecule has 0 atom stereocenters. The number of fused-ring (bicyclic) bond motifs is 1. The fourth-order valence-electron chi connectivity index (χ4n) is 3.18. The van der Waals surface area contributed by atoms with Gasteiger partial charge in [-0.3, -0.25) is 0 Å². The number of aromatic nitrogens is 3.